The quantitative estimate of drug-likeness (QED) is 0.818. The van der Waals surface area contributed by atoms with Crippen molar-refractivity contribution >= 4 is 51.5 Å². The molecule has 0 spiro atoms. The second-order valence-corrected chi connectivity index (χ2v) is 7.49. The van der Waals surface area contributed by atoms with Crippen LogP contribution in [-0.4, -0.2) is 22.9 Å². The van der Waals surface area contributed by atoms with E-state index in [1.54, 1.807) is 40.1 Å². The molecule has 3 rings (SSSR count). The zero-order valence-electron chi connectivity index (χ0n) is 12.0. The van der Waals surface area contributed by atoms with Gasteiger partial charge in [0.15, 0.2) is 5.17 Å². The summed E-state index contributed by atoms with van der Waals surface area (Å²) in [6, 6.07) is 11.5. The highest BCUT2D eigenvalue weighted by Gasteiger charge is 2.26. The number of thiophene rings is 1. The molecule has 0 saturated heterocycles. The number of thioether (sulfide) groups is 1. The number of hydrogen-bond donors (Lipinski definition) is 0. The Morgan fingerprint density at radius 2 is 2.14 bits per heavy atom. The molecule has 1 aromatic carbocycles. The fourth-order valence-electron chi connectivity index (χ4n) is 2.17. The summed E-state index contributed by atoms with van der Waals surface area (Å²) < 4.78 is 0. The maximum atomic E-state index is 12.8. The van der Waals surface area contributed by atoms with Gasteiger partial charge in [-0.15, -0.1) is 11.3 Å². The predicted octanol–water partition coefficient (Wildman–Crippen LogP) is 4.47. The Morgan fingerprint density at radius 3 is 2.73 bits per heavy atom. The number of carbonyl (C=O) groups is 1. The molecule has 0 saturated carbocycles. The summed E-state index contributed by atoms with van der Waals surface area (Å²) in [5, 5.41) is 3.42. The predicted molar refractivity (Wildman–Crippen MR) is 96.3 cm³/mol. The topological polar surface area (TPSA) is 32.7 Å². The zero-order chi connectivity index (χ0) is 15.5. The van der Waals surface area contributed by atoms with Crippen LogP contribution in [0.2, 0.25) is 5.02 Å². The van der Waals surface area contributed by atoms with Crippen LogP contribution in [0.4, 0.5) is 5.69 Å². The summed E-state index contributed by atoms with van der Waals surface area (Å²) in [5.74, 6) is 0.941. The SMILES string of the molecule is C[C@@H]1CSC(N(C(=O)Cc2cccs2)c2ccc(Cl)cc2)=N1. The van der Waals surface area contributed by atoms with Crippen LogP contribution in [0.1, 0.15) is 11.8 Å². The van der Waals surface area contributed by atoms with E-state index in [0.717, 1.165) is 21.5 Å². The lowest BCUT2D eigenvalue weighted by Gasteiger charge is -2.22. The number of rotatable bonds is 3. The molecule has 0 aliphatic carbocycles. The highest BCUT2D eigenvalue weighted by Crippen LogP contribution is 2.27. The molecule has 1 aliphatic heterocycles. The molecule has 2 aromatic rings. The van der Waals surface area contributed by atoms with Crippen molar-refractivity contribution in [3.05, 3.63) is 51.7 Å². The third-order valence-corrected chi connectivity index (χ3v) is 5.54. The molecule has 3 nitrogen and oxygen atoms in total. The highest BCUT2D eigenvalue weighted by molar-refractivity contribution is 8.14. The minimum atomic E-state index is 0.0325. The molecule has 0 radical (unpaired) electrons. The lowest BCUT2D eigenvalue weighted by molar-refractivity contribution is -0.117. The first kappa shape index (κ1) is 15.6. The first-order chi connectivity index (χ1) is 10.6. The summed E-state index contributed by atoms with van der Waals surface area (Å²) >= 11 is 9.17. The van der Waals surface area contributed by atoms with E-state index >= 15 is 0 Å². The van der Waals surface area contributed by atoms with Crippen LogP contribution in [0.25, 0.3) is 0 Å². The van der Waals surface area contributed by atoms with Crippen LogP contribution >= 0.6 is 34.7 Å². The van der Waals surface area contributed by atoms with Gasteiger partial charge in [-0.05, 0) is 42.6 Å². The van der Waals surface area contributed by atoms with E-state index in [1.165, 1.54) is 0 Å². The Hall–Kier alpha value is -1.30. The van der Waals surface area contributed by atoms with Gasteiger partial charge in [0.2, 0.25) is 5.91 Å². The van der Waals surface area contributed by atoms with Crippen molar-refractivity contribution in [3.8, 4) is 0 Å². The van der Waals surface area contributed by atoms with Crippen molar-refractivity contribution in [1.29, 1.82) is 0 Å². The van der Waals surface area contributed by atoms with Gasteiger partial charge in [0.05, 0.1) is 18.2 Å². The van der Waals surface area contributed by atoms with E-state index < -0.39 is 0 Å². The average Bonchev–Trinajstić information content (AvgIpc) is 3.13. The summed E-state index contributed by atoms with van der Waals surface area (Å²) in [6.45, 7) is 2.06. The Bertz CT molecular complexity index is 683. The van der Waals surface area contributed by atoms with Crippen LogP contribution in [0.5, 0.6) is 0 Å². The van der Waals surface area contributed by atoms with E-state index in [1.807, 2.05) is 29.6 Å². The Labute approximate surface area is 143 Å². The van der Waals surface area contributed by atoms with E-state index in [9.17, 15) is 4.79 Å². The second kappa shape index (κ2) is 6.86. The smallest absolute Gasteiger partial charge is 0.238 e. The van der Waals surface area contributed by atoms with Crippen LogP contribution < -0.4 is 4.90 Å². The van der Waals surface area contributed by atoms with Crippen molar-refractivity contribution in [3.63, 3.8) is 0 Å². The summed E-state index contributed by atoms with van der Waals surface area (Å²) in [5.41, 5.74) is 0.811. The van der Waals surface area contributed by atoms with Crippen molar-refractivity contribution < 1.29 is 4.79 Å². The van der Waals surface area contributed by atoms with Crippen molar-refractivity contribution in [2.45, 2.75) is 19.4 Å². The van der Waals surface area contributed by atoms with E-state index in [4.69, 9.17) is 11.6 Å². The van der Waals surface area contributed by atoms with Crippen LogP contribution in [-0.2, 0) is 11.2 Å². The van der Waals surface area contributed by atoms with E-state index in [0.29, 0.717) is 11.4 Å². The number of amides is 1. The van der Waals surface area contributed by atoms with Gasteiger partial charge in [0.25, 0.3) is 0 Å². The molecule has 1 aromatic heterocycles. The van der Waals surface area contributed by atoms with Gasteiger partial charge >= 0.3 is 0 Å². The molecule has 0 unspecified atom stereocenters. The molecule has 6 heteroatoms. The molecule has 1 amide bonds. The largest absolute Gasteiger partial charge is 0.274 e. The van der Waals surface area contributed by atoms with Gasteiger partial charge in [0, 0.05) is 15.7 Å². The molecule has 1 atom stereocenters. The normalized spacial score (nSPS) is 17.4. The minimum Gasteiger partial charge on any atom is -0.274 e. The summed E-state index contributed by atoms with van der Waals surface area (Å²) in [6.07, 6.45) is 0.383. The third kappa shape index (κ3) is 3.54. The fraction of sp³-hybridized carbons (Fsp3) is 0.250. The number of anilines is 1. The fourth-order valence-corrected chi connectivity index (χ4v) is 4.05. The standard InChI is InChI=1S/C16H15ClN2OS2/c1-11-10-22-16(18-11)19(13-6-4-12(17)5-7-13)15(20)9-14-3-2-8-21-14/h2-8,11H,9-10H2,1H3/t11-/m1/s1. The van der Waals surface area contributed by atoms with E-state index in [-0.39, 0.29) is 11.9 Å². The van der Waals surface area contributed by atoms with Crippen molar-refractivity contribution in [2.24, 2.45) is 4.99 Å². The molecule has 1 aliphatic rings. The average molecular weight is 351 g/mol. The van der Waals surface area contributed by atoms with Crippen molar-refractivity contribution in [2.75, 3.05) is 10.7 Å². The molecular formula is C16H15ClN2OS2. The molecule has 0 N–H and O–H groups in total. The second-order valence-electron chi connectivity index (χ2n) is 5.03. The summed E-state index contributed by atoms with van der Waals surface area (Å²) in [4.78, 5) is 20.2. The molecule has 0 bridgehead atoms. The number of amidine groups is 1. The zero-order valence-corrected chi connectivity index (χ0v) is 14.4. The van der Waals surface area contributed by atoms with Gasteiger partial charge in [0.1, 0.15) is 0 Å². The van der Waals surface area contributed by atoms with Gasteiger partial charge in [-0.1, -0.05) is 29.4 Å². The molecular weight excluding hydrogens is 336 g/mol. The number of nitrogens with zero attached hydrogens (tertiary/aromatic N) is 2. The lowest BCUT2D eigenvalue weighted by atomic mass is 10.2. The molecule has 2 heterocycles. The Balaban J connectivity index is 1.90. The first-order valence-electron chi connectivity index (χ1n) is 6.95. The Morgan fingerprint density at radius 1 is 1.36 bits per heavy atom. The Kier molecular flexibility index (Phi) is 4.86. The number of benzene rings is 1. The minimum absolute atomic E-state index is 0.0325. The van der Waals surface area contributed by atoms with Gasteiger partial charge in [-0.3, -0.25) is 14.7 Å². The first-order valence-corrected chi connectivity index (χ1v) is 9.19. The molecule has 22 heavy (non-hydrogen) atoms. The molecule has 0 fully saturated rings. The third-order valence-electron chi connectivity index (χ3n) is 3.22. The van der Waals surface area contributed by atoms with Crippen LogP contribution in [0.3, 0.4) is 0 Å². The van der Waals surface area contributed by atoms with Gasteiger partial charge < -0.3 is 0 Å². The van der Waals surface area contributed by atoms with E-state index in [2.05, 4.69) is 11.9 Å². The van der Waals surface area contributed by atoms with Crippen molar-refractivity contribution in [1.82, 2.24) is 0 Å². The maximum absolute atomic E-state index is 12.8. The van der Waals surface area contributed by atoms with Crippen LogP contribution in [0.15, 0.2) is 46.8 Å². The lowest BCUT2D eigenvalue weighted by Crippen LogP contribution is -2.35. The number of hydrogen-bond acceptors (Lipinski definition) is 4. The summed E-state index contributed by atoms with van der Waals surface area (Å²) in [7, 11) is 0. The maximum Gasteiger partial charge on any atom is 0.238 e. The molecule has 114 valence electrons. The van der Waals surface area contributed by atoms with Gasteiger partial charge in [-0.2, -0.15) is 0 Å². The highest BCUT2D eigenvalue weighted by atomic mass is 35.5. The monoisotopic (exact) mass is 350 g/mol. The van der Waals surface area contributed by atoms with Crippen LogP contribution in [0, 0.1) is 0 Å². The number of aliphatic imine (C=N–C) groups is 1. The van der Waals surface area contributed by atoms with Gasteiger partial charge in [-0.25, -0.2) is 0 Å². The number of halogens is 1. The number of carbonyl (C=O) groups excluding carboxylic acids is 1.